The maximum atomic E-state index is 12.7. The average molecular weight is 353 g/mol. The van der Waals surface area contributed by atoms with E-state index in [0.717, 1.165) is 38.3 Å². The Labute approximate surface area is 152 Å². The van der Waals surface area contributed by atoms with E-state index in [1.165, 1.54) is 16.5 Å². The quantitative estimate of drug-likeness (QED) is 0.721. The smallest absolute Gasteiger partial charge is 0.227 e. The van der Waals surface area contributed by atoms with Gasteiger partial charge in [0.1, 0.15) is 0 Å². The topological polar surface area (TPSA) is 28.5 Å². The Bertz CT molecular complexity index is 860. The van der Waals surface area contributed by atoms with Crippen molar-refractivity contribution in [2.24, 2.45) is 7.05 Å². The van der Waals surface area contributed by atoms with Crippen molar-refractivity contribution >= 4 is 28.1 Å². The molecule has 1 fully saturated rings. The van der Waals surface area contributed by atoms with E-state index in [1.54, 1.807) is 11.3 Å². The molecule has 3 heterocycles. The molecule has 4 nitrogen and oxygen atoms in total. The zero-order chi connectivity index (χ0) is 17.2. The van der Waals surface area contributed by atoms with E-state index in [1.807, 2.05) is 24.1 Å². The number of benzene rings is 1. The average Bonchev–Trinajstić information content (AvgIpc) is 3.25. The summed E-state index contributed by atoms with van der Waals surface area (Å²) in [7, 11) is 2.04. The van der Waals surface area contributed by atoms with Gasteiger partial charge in [-0.05, 0) is 34.0 Å². The van der Waals surface area contributed by atoms with Crippen LogP contribution >= 0.6 is 11.3 Å². The van der Waals surface area contributed by atoms with Crippen LogP contribution in [0.25, 0.3) is 10.9 Å². The Balaban J connectivity index is 1.37. The molecule has 0 spiro atoms. The third kappa shape index (κ3) is 3.48. The molecule has 4 rings (SSSR count). The fourth-order valence-corrected chi connectivity index (χ4v) is 4.30. The van der Waals surface area contributed by atoms with Crippen molar-refractivity contribution in [3.05, 3.63) is 58.4 Å². The number of amides is 1. The van der Waals surface area contributed by atoms with Gasteiger partial charge in [0, 0.05) is 56.9 Å². The second-order valence-electron chi connectivity index (χ2n) is 6.75. The minimum absolute atomic E-state index is 0.242. The summed E-state index contributed by atoms with van der Waals surface area (Å²) in [6, 6.07) is 10.5. The van der Waals surface area contributed by atoms with Gasteiger partial charge in [-0.2, -0.15) is 11.3 Å². The van der Waals surface area contributed by atoms with E-state index in [2.05, 4.69) is 44.6 Å². The fraction of sp³-hybridized carbons (Fsp3) is 0.350. The minimum Gasteiger partial charge on any atom is -0.350 e. The standard InChI is InChI=1S/C20H23N3OS/c1-21-14-17(18-4-2-3-5-19(18)21)12-20(24)23-9-7-22(8-10-23)13-16-6-11-25-15-16/h2-6,11,14-15H,7-10,12-13H2,1H3. The zero-order valence-electron chi connectivity index (χ0n) is 14.5. The molecular formula is C20H23N3OS. The van der Waals surface area contributed by atoms with E-state index in [0.29, 0.717) is 6.42 Å². The molecule has 5 heteroatoms. The molecule has 25 heavy (non-hydrogen) atoms. The first kappa shape index (κ1) is 16.4. The predicted octanol–water partition coefficient (Wildman–Crippen LogP) is 3.13. The first-order valence-electron chi connectivity index (χ1n) is 8.75. The Hall–Kier alpha value is -2.11. The van der Waals surface area contributed by atoms with Crippen LogP contribution in [0.3, 0.4) is 0 Å². The van der Waals surface area contributed by atoms with E-state index in [-0.39, 0.29) is 5.91 Å². The van der Waals surface area contributed by atoms with Gasteiger partial charge in [0.2, 0.25) is 5.91 Å². The van der Waals surface area contributed by atoms with Crippen LogP contribution in [-0.2, 0) is 24.8 Å². The fourth-order valence-electron chi connectivity index (χ4n) is 3.64. The van der Waals surface area contributed by atoms with Gasteiger partial charge in [0.25, 0.3) is 0 Å². The summed E-state index contributed by atoms with van der Waals surface area (Å²) in [5.41, 5.74) is 3.69. The molecule has 1 saturated heterocycles. The number of fused-ring (bicyclic) bond motifs is 1. The summed E-state index contributed by atoms with van der Waals surface area (Å²) in [6.07, 6.45) is 2.58. The van der Waals surface area contributed by atoms with Crippen LogP contribution in [-0.4, -0.2) is 46.5 Å². The Morgan fingerprint density at radius 3 is 2.68 bits per heavy atom. The second-order valence-corrected chi connectivity index (χ2v) is 7.53. The SMILES string of the molecule is Cn1cc(CC(=O)N2CCN(Cc3ccsc3)CC2)c2ccccc21. The van der Waals surface area contributed by atoms with Gasteiger partial charge in [-0.15, -0.1) is 0 Å². The van der Waals surface area contributed by atoms with Gasteiger partial charge >= 0.3 is 0 Å². The summed E-state index contributed by atoms with van der Waals surface area (Å²) in [5.74, 6) is 0.242. The number of piperazine rings is 1. The zero-order valence-corrected chi connectivity index (χ0v) is 15.3. The van der Waals surface area contributed by atoms with Crippen molar-refractivity contribution in [3.63, 3.8) is 0 Å². The lowest BCUT2D eigenvalue weighted by Gasteiger charge is -2.34. The Kier molecular flexibility index (Phi) is 4.59. The molecule has 2 aromatic heterocycles. The van der Waals surface area contributed by atoms with E-state index < -0.39 is 0 Å². The van der Waals surface area contributed by atoms with Gasteiger partial charge in [0.15, 0.2) is 0 Å². The van der Waals surface area contributed by atoms with Crippen LogP contribution in [0, 0.1) is 0 Å². The highest BCUT2D eigenvalue weighted by Crippen LogP contribution is 2.21. The Morgan fingerprint density at radius 2 is 1.92 bits per heavy atom. The molecule has 1 aliphatic heterocycles. The number of hydrogen-bond acceptors (Lipinski definition) is 3. The summed E-state index contributed by atoms with van der Waals surface area (Å²) in [5, 5.41) is 5.52. The van der Waals surface area contributed by atoms with Crippen molar-refractivity contribution in [1.29, 1.82) is 0 Å². The van der Waals surface area contributed by atoms with Crippen LogP contribution in [0.15, 0.2) is 47.3 Å². The normalized spacial score (nSPS) is 15.8. The molecule has 0 atom stereocenters. The highest BCUT2D eigenvalue weighted by molar-refractivity contribution is 7.07. The van der Waals surface area contributed by atoms with Crippen LogP contribution in [0.5, 0.6) is 0 Å². The first-order valence-corrected chi connectivity index (χ1v) is 9.69. The molecule has 0 unspecified atom stereocenters. The van der Waals surface area contributed by atoms with Crippen LogP contribution in [0.2, 0.25) is 0 Å². The van der Waals surface area contributed by atoms with Crippen molar-refractivity contribution in [2.75, 3.05) is 26.2 Å². The minimum atomic E-state index is 0.242. The van der Waals surface area contributed by atoms with Crippen LogP contribution < -0.4 is 0 Å². The number of aryl methyl sites for hydroxylation is 1. The number of carbonyl (C=O) groups excluding carboxylic acids is 1. The molecular weight excluding hydrogens is 330 g/mol. The number of rotatable bonds is 4. The molecule has 0 aliphatic carbocycles. The molecule has 130 valence electrons. The predicted molar refractivity (Wildman–Crippen MR) is 103 cm³/mol. The lowest BCUT2D eigenvalue weighted by Crippen LogP contribution is -2.48. The van der Waals surface area contributed by atoms with E-state index in [9.17, 15) is 4.79 Å². The lowest BCUT2D eigenvalue weighted by atomic mass is 10.1. The highest BCUT2D eigenvalue weighted by atomic mass is 32.1. The monoisotopic (exact) mass is 353 g/mol. The maximum Gasteiger partial charge on any atom is 0.227 e. The molecule has 0 saturated carbocycles. The van der Waals surface area contributed by atoms with Gasteiger partial charge in [-0.25, -0.2) is 0 Å². The number of para-hydroxylation sites is 1. The van der Waals surface area contributed by atoms with Gasteiger partial charge < -0.3 is 9.47 Å². The molecule has 1 amide bonds. The van der Waals surface area contributed by atoms with Gasteiger partial charge in [-0.3, -0.25) is 9.69 Å². The molecule has 3 aromatic rings. The molecule has 1 aromatic carbocycles. The number of nitrogens with zero attached hydrogens (tertiary/aromatic N) is 3. The first-order chi connectivity index (χ1) is 12.2. The van der Waals surface area contributed by atoms with Gasteiger partial charge in [0.05, 0.1) is 6.42 Å². The summed E-state index contributed by atoms with van der Waals surface area (Å²) < 4.78 is 2.11. The van der Waals surface area contributed by atoms with Crippen molar-refractivity contribution in [3.8, 4) is 0 Å². The highest BCUT2D eigenvalue weighted by Gasteiger charge is 2.22. The number of hydrogen-bond donors (Lipinski definition) is 0. The number of carbonyl (C=O) groups is 1. The second kappa shape index (κ2) is 7.02. The third-order valence-electron chi connectivity index (χ3n) is 5.03. The summed E-state index contributed by atoms with van der Waals surface area (Å²) in [4.78, 5) is 17.2. The van der Waals surface area contributed by atoms with Crippen molar-refractivity contribution in [1.82, 2.24) is 14.4 Å². The molecule has 0 N–H and O–H groups in total. The molecule has 0 radical (unpaired) electrons. The van der Waals surface area contributed by atoms with Crippen LogP contribution in [0.4, 0.5) is 0 Å². The summed E-state index contributed by atoms with van der Waals surface area (Å²) in [6.45, 7) is 4.56. The largest absolute Gasteiger partial charge is 0.350 e. The lowest BCUT2D eigenvalue weighted by molar-refractivity contribution is -0.132. The molecule has 0 bridgehead atoms. The summed E-state index contributed by atoms with van der Waals surface area (Å²) >= 11 is 1.74. The third-order valence-corrected chi connectivity index (χ3v) is 5.76. The van der Waals surface area contributed by atoms with Crippen molar-refractivity contribution in [2.45, 2.75) is 13.0 Å². The maximum absolute atomic E-state index is 12.7. The van der Waals surface area contributed by atoms with Crippen molar-refractivity contribution < 1.29 is 4.79 Å². The number of thiophene rings is 1. The van der Waals surface area contributed by atoms with Gasteiger partial charge in [-0.1, -0.05) is 18.2 Å². The van der Waals surface area contributed by atoms with E-state index in [4.69, 9.17) is 0 Å². The number of aromatic nitrogens is 1. The Morgan fingerprint density at radius 1 is 1.12 bits per heavy atom. The van der Waals surface area contributed by atoms with Crippen LogP contribution in [0.1, 0.15) is 11.1 Å². The van der Waals surface area contributed by atoms with E-state index >= 15 is 0 Å². The molecule has 1 aliphatic rings.